The Labute approximate surface area is 207 Å². The van der Waals surface area contributed by atoms with Crippen LogP contribution < -0.4 is 0 Å². The van der Waals surface area contributed by atoms with Crippen LogP contribution in [0.4, 0.5) is 0 Å². The lowest BCUT2D eigenvalue weighted by Gasteiger charge is -2.49. The van der Waals surface area contributed by atoms with E-state index in [1.807, 2.05) is 13.0 Å². The average molecular weight is 477 g/mol. The lowest BCUT2D eigenvalue weighted by Crippen LogP contribution is -2.48. The molecule has 0 aliphatic heterocycles. The van der Waals surface area contributed by atoms with E-state index in [0.717, 1.165) is 19.3 Å². The third-order valence-electron chi connectivity index (χ3n) is 8.44. The van der Waals surface area contributed by atoms with Crippen molar-refractivity contribution < 1.29 is 24.2 Å². The number of allylic oxidation sites excluding steroid dienone is 4. The van der Waals surface area contributed by atoms with Gasteiger partial charge in [0.2, 0.25) is 0 Å². The van der Waals surface area contributed by atoms with Gasteiger partial charge in [0.05, 0.1) is 7.11 Å². The molecule has 0 aromatic carbocycles. The van der Waals surface area contributed by atoms with Crippen molar-refractivity contribution in [3.8, 4) is 0 Å². The van der Waals surface area contributed by atoms with Gasteiger partial charge in [0.15, 0.2) is 5.78 Å². The maximum atomic E-state index is 13.0. The second-order valence-electron chi connectivity index (χ2n) is 10.4. The van der Waals surface area contributed by atoms with Crippen LogP contribution in [0.5, 0.6) is 0 Å². The van der Waals surface area contributed by atoms with Crippen molar-refractivity contribution >= 4 is 18.2 Å². The summed E-state index contributed by atoms with van der Waals surface area (Å²) in [7, 11) is 1.44. The fraction of sp³-hybridized carbons (Fsp3) is 0.759. The molecule has 0 saturated heterocycles. The third kappa shape index (κ3) is 8.70. The highest BCUT2D eigenvalue weighted by molar-refractivity contribution is 5.95. The monoisotopic (exact) mass is 476 g/mol. The first-order valence-corrected chi connectivity index (χ1v) is 13.2. The van der Waals surface area contributed by atoms with Gasteiger partial charge >= 0.3 is 5.97 Å². The summed E-state index contributed by atoms with van der Waals surface area (Å²) in [5.74, 6) is 0.686. The van der Waals surface area contributed by atoms with Gasteiger partial charge in [-0.25, -0.2) is 0 Å². The summed E-state index contributed by atoms with van der Waals surface area (Å²) < 4.78 is 4.98. The molecule has 5 nitrogen and oxygen atoms in total. The molecule has 0 spiro atoms. The van der Waals surface area contributed by atoms with Crippen LogP contribution in [0.2, 0.25) is 0 Å². The van der Waals surface area contributed by atoms with Crippen molar-refractivity contribution in [1.82, 2.24) is 0 Å². The predicted octanol–water partition coefficient (Wildman–Crippen LogP) is 7.30. The van der Waals surface area contributed by atoms with Crippen LogP contribution in [0.15, 0.2) is 23.3 Å². The Bertz CT molecular complexity index is 692. The highest BCUT2D eigenvalue weighted by Crippen LogP contribution is 2.53. The summed E-state index contributed by atoms with van der Waals surface area (Å²) in [5, 5.41) is 6.89. The van der Waals surface area contributed by atoms with Crippen molar-refractivity contribution in [2.45, 2.75) is 111 Å². The molecule has 2 saturated carbocycles. The van der Waals surface area contributed by atoms with Crippen LogP contribution in [0, 0.1) is 23.2 Å². The molecule has 0 heterocycles. The molecule has 0 bridgehead atoms. The Balaban J connectivity index is 0.000000539. The number of ketones is 1. The molecule has 0 aromatic rings. The summed E-state index contributed by atoms with van der Waals surface area (Å²) in [6.45, 7) is 8.12. The molecule has 0 amide bonds. The maximum Gasteiger partial charge on any atom is 0.305 e. The fourth-order valence-corrected chi connectivity index (χ4v) is 6.07. The van der Waals surface area contributed by atoms with Crippen LogP contribution in [-0.4, -0.2) is 30.4 Å². The maximum absolute atomic E-state index is 13.0. The molecule has 3 rings (SSSR count). The molecule has 0 radical (unpaired) electrons. The number of hydrogen-bond donors (Lipinski definition) is 1. The standard InChI is InChI=1S/C22H34O3.C6H12.CH2O2/c1-6-8-20(23)22(4)16(3)11-12-18(19(22)14-21(24)25-5)13-17-10-7-9-15(17)2;1-2-4-6-5-3-1;2-1-3/h6,8,16,18-19H,7,9-14H2,1-5H3;1-6H2;1H,(H,2,3)/b8-6-;;. The van der Waals surface area contributed by atoms with Crippen molar-refractivity contribution in [3.05, 3.63) is 23.3 Å². The summed E-state index contributed by atoms with van der Waals surface area (Å²) >= 11 is 0. The van der Waals surface area contributed by atoms with E-state index in [4.69, 9.17) is 14.6 Å². The van der Waals surface area contributed by atoms with Crippen LogP contribution in [0.3, 0.4) is 0 Å². The van der Waals surface area contributed by atoms with E-state index < -0.39 is 5.41 Å². The molecular formula is C29H48O5. The number of carbonyl (C=O) groups excluding carboxylic acids is 2. The molecule has 0 aromatic heterocycles. The van der Waals surface area contributed by atoms with Gasteiger partial charge in [-0.3, -0.25) is 14.4 Å². The van der Waals surface area contributed by atoms with Crippen LogP contribution >= 0.6 is 0 Å². The molecule has 2 fully saturated rings. The lowest BCUT2D eigenvalue weighted by molar-refractivity contribution is -0.148. The Morgan fingerprint density at radius 1 is 1.06 bits per heavy atom. The van der Waals surface area contributed by atoms with Gasteiger partial charge < -0.3 is 9.84 Å². The van der Waals surface area contributed by atoms with Gasteiger partial charge in [0.25, 0.3) is 6.47 Å². The highest BCUT2D eigenvalue weighted by atomic mass is 16.5. The molecule has 34 heavy (non-hydrogen) atoms. The second-order valence-corrected chi connectivity index (χ2v) is 10.4. The smallest absolute Gasteiger partial charge is 0.305 e. The van der Waals surface area contributed by atoms with Gasteiger partial charge in [0, 0.05) is 11.8 Å². The minimum Gasteiger partial charge on any atom is -0.483 e. The summed E-state index contributed by atoms with van der Waals surface area (Å²) in [6, 6.07) is 0. The third-order valence-corrected chi connectivity index (χ3v) is 8.44. The number of carbonyl (C=O) groups is 3. The largest absolute Gasteiger partial charge is 0.483 e. The van der Waals surface area contributed by atoms with Crippen molar-refractivity contribution in [2.75, 3.05) is 7.11 Å². The van der Waals surface area contributed by atoms with E-state index in [2.05, 4.69) is 20.8 Å². The van der Waals surface area contributed by atoms with E-state index in [1.165, 1.54) is 70.5 Å². The molecule has 5 heteroatoms. The summed E-state index contributed by atoms with van der Waals surface area (Å²) in [5.41, 5.74) is 2.60. The Morgan fingerprint density at radius 2 is 1.62 bits per heavy atom. The van der Waals surface area contributed by atoms with E-state index in [9.17, 15) is 9.59 Å². The molecule has 4 unspecified atom stereocenters. The first kappa shape index (κ1) is 30.1. The zero-order chi connectivity index (χ0) is 25.6. The number of esters is 1. The van der Waals surface area contributed by atoms with Crippen LogP contribution in [0.1, 0.15) is 111 Å². The van der Waals surface area contributed by atoms with E-state index in [1.54, 1.807) is 11.6 Å². The van der Waals surface area contributed by atoms with Gasteiger partial charge in [-0.1, -0.05) is 69.6 Å². The number of rotatable bonds is 6. The number of carboxylic acid groups (broad SMARTS) is 1. The predicted molar refractivity (Wildman–Crippen MR) is 138 cm³/mol. The van der Waals surface area contributed by atoms with Gasteiger partial charge in [-0.2, -0.15) is 0 Å². The minimum atomic E-state index is -0.489. The highest BCUT2D eigenvalue weighted by Gasteiger charge is 2.51. The lowest BCUT2D eigenvalue weighted by atomic mass is 9.54. The Hall–Kier alpha value is -1.91. The SMILES string of the molecule is C/C=C\C(=O)C1(C)C(C)CCC(CC2=C(C)CCC2)C1CC(=O)OC.C1CCCCC1.O=CO. The van der Waals surface area contributed by atoms with E-state index in [-0.39, 0.29) is 30.1 Å². The zero-order valence-electron chi connectivity index (χ0n) is 22.2. The molecule has 194 valence electrons. The summed E-state index contributed by atoms with van der Waals surface area (Å²) in [6.07, 6.45) is 19.7. The molecule has 3 aliphatic carbocycles. The first-order valence-electron chi connectivity index (χ1n) is 13.2. The molecular weight excluding hydrogens is 428 g/mol. The number of hydrogen-bond acceptors (Lipinski definition) is 4. The molecule has 3 aliphatic rings. The van der Waals surface area contributed by atoms with Crippen molar-refractivity contribution in [3.63, 3.8) is 0 Å². The zero-order valence-corrected chi connectivity index (χ0v) is 22.2. The quantitative estimate of drug-likeness (QED) is 0.188. The van der Waals surface area contributed by atoms with E-state index in [0.29, 0.717) is 12.3 Å². The van der Waals surface area contributed by atoms with Gasteiger partial charge in [0.1, 0.15) is 0 Å². The van der Waals surface area contributed by atoms with Gasteiger partial charge in [-0.05, 0) is 76.2 Å². The number of methoxy groups -OCH3 is 1. The number of ether oxygens (including phenoxy) is 1. The second kappa shape index (κ2) is 15.9. The van der Waals surface area contributed by atoms with Crippen molar-refractivity contribution in [2.24, 2.45) is 23.2 Å². The summed E-state index contributed by atoms with van der Waals surface area (Å²) in [4.78, 5) is 33.5. The van der Waals surface area contributed by atoms with Crippen molar-refractivity contribution in [1.29, 1.82) is 0 Å². The Morgan fingerprint density at radius 3 is 2.06 bits per heavy atom. The molecule has 4 atom stereocenters. The fourth-order valence-electron chi connectivity index (χ4n) is 6.07. The van der Waals surface area contributed by atoms with Crippen LogP contribution in [-0.2, 0) is 19.1 Å². The van der Waals surface area contributed by atoms with E-state index >= 15 is 0 Å². The topological polar surface area (TPSA) is 80.7 Å². The molecule has 1 N–H and O–H groups in total. The normalized spacial score (nSPS) is 28.9. The van der Waals surface area contributed by atoms with Crippen LogP contribution in [0.25, 0.3) is 0 Å². The first-order chi connectivity index (χ1) is 16.3. The Kier molecular flexibility index (Phi) is 14.1. The average Bonchev–Trinajstić information content (AvgIpc) is 3.25. The van der Waals surface area contributed by atoms with Gasteiger partial charge in [-0.15, -0.1) is 0 Å². The minimum absolute atomic E-state index is 0.0494.